The van der Waals surface area contributed by atoms with Crippen LogP contribution in [0, 0.1) is 0 Å². The van der Waals surface area contributed by atoms with Crippen molar-refractivity contribution < 1.29 is 9.90 Å². The van der Waals surface area contributed by atoms with E-state index in [-0.39, 0.29) is 12.2 Å². The van der Waals surface area contributed by atoms with Gasteiger partial charge in [0.1, 0.15) is 5.78 Å². The Morgan fingerprint density at radius 1 is 1.62 bits per heavy atom. The smallest absolute Gasteiger partial charge is 0.132 e. The Balaban J connectivity index is 2.76. The number of halogens is 1. The predicted molar refractivity (Wildman–Crippen MR) is 54.4 cm³/mol. The Labute approximate surface area is 85.7 Å². The Morgan fingerprint density at radius 2 is 2.31 bits per heavy atom. The van der Waals surface area contributed by atoms with Gasteiger partial charge >= 0.3 is 0 Å². The Kier molecular flexibility index (Phi) is 3.63. The highest BCUT2D eigenvalue weighted by atomic mass is 79.9. The molecule has 1 atom stereocenters. The lowest BCUT2D eigenvalue weighted by atomic mass is 10.1. The first-order valence-corrected chi connectivity index (χ1v) is 4.82. The highest BCUT2D eigenvalue weighted by Crippen LogP contribution is 2.20. The van der Waals surface area contributed by atoms with Crippen molar-refractivity contribution >= 4 is 21.7 Å². The molecule has 0 fully saturated rings. The second-order valence-corrected chi connectivity index (χ2v) is 3.89. The van der Waals surface area contributed by atoms with Gasteiger partial charge in [0.2, 0.25) is 0 Å². The number of rotatable bonds is 3. The molecular formula is C10H11BrO2. The highest BCUT2D eigenvalue weighted by molar-refractivity contribution is 9.10. The number of carbonyl (C=O) groups excluding carboxylic acids is 1. The summed E-state index contributed by atoms with van der Waals surface area (Å²) >= 11 is 3.30. The van der Waals surface area contributed by atoms with Gasteiger partial charge in [0.25, 0.3) is 0 Å². The van der Waals surface area contributed by atoms with Crippen LogP contribution in [0.1, 0.15) is 25.0 Å². The van der Waals surface area contributed by atoms with Crippen molar-refractivity contribution in [2.75, 3.05) is 0 Å². The Morgan fingerprint density at radius 3 is 2.85 bits per heavy atom. The first-order chi connectivity index (χ1) is 6.09. The minimum atomic E-state index is -0.685. The SMILES string of the molecule is CC(=O)C[C@@H](O)c1cccc(Br)c1. The number of hydrogen-bond donors (Lipinski definition) is 1. The number of benzene rings is 1. The number of ketones is 1. The predicted octanol–water partition coefficient (Wildman–Crippen LogP) is 2.46. The Bertz CT molecular complexity index is 310. The molecule has 0 aromatic heterocycles. The topological polar surface area (TPSA) is 37.3 Å². The largest absolute Gasteiger partial charge is 0.388 e. The molecule has 70 valence electrons. The normalized spacial score (nSPS) is 12.5. The van der Waals surface area contributed by atoms with Gasteiger partial charge in [-0.25, -0.2) is 0 Å². The van der Waals surface area contributed by atoms with E-state index in [9.17, 15) is 9.90 Å². The average molecular weight is 243 g/mol. The third-order valence-corrected chi connectivity index (χ3v) is 2.21. The summed E-state index contributed by atoms with van der Waals surface area (Å²) in [6, 6.07) is 7.33. The summed E-state index contributed by atoms with van der Waals surface area (Å²) in [5.74, 6) is -0.00697. The fourth-order valence-electron chi connectivity index (χ4n) is 1.10. The number of aliphatic hydroxyl groups is 1. The quantitative estimate of drug-likeness (QED) is 0.885. The number of hydrogen-bond acceptors (Lipinski definition) is 2. The van der Waals surface area contributed by atoms with Gasteiger partial charge in [0.15, 0.2) is 0 Å². The van der Waals surface area contributed by atoms with Crippen LogP contribution in [-0.4, -0.2) is 10.9 Å². The molecule has 0 bridgehead atoms. The van der Waals surface area contributed by atoms with E-state index in [2.05, 4.69) is 15.9 Å². The van der Waals surface area contributed by atoms with E-state index < -0.39 is 6.10 Å². The van der Waals surface area contributed by atoms with Crippen LogP contribution in [0.3, 0.4) is 0 Å². The third-order valence-electron chi connectivity index (χ3n) is 1.71. The van der Waals surface area contributed by atoms with Crippen molar-refractivity contribution in [3.05, 3.63) is 34.3 Å². The molecule has 1 rings (SSSR count). The molecule has 0 aliphatic heterocycles. The summed E-state index contributed by atoms with van der Waals surface area (Å²) in [6.45, 7) is 1.47. The van der Waals surface area contributed by atoms with Gasteiger partial charge in [-0.1, -0.05) is 28.1 Å². The van der Waals surface area contributed by atoms with E-state index in [0.717, 1.165) is 10.0 Å². The fourth-order valence-corrected chi connectivity index (χ4v) is 1.52. The average Bonchev–Trinajstić information content (AvgIpc) is 2.03. The van der Waals surface area contributed by atoms with E-state index in [0.29, 0.717) is 0 Å². The molecule has 0 spiro atoms. The van der Waals surface area contributed by atoms with Gasteiger partial charge in [0, 0.05) is 10.9 Å². The zero-order valence-electron chi connectivity index (χ0n) is 7.33. The van der Waals surface area contributed by atoms with Crippen molar-refractivity contribution in [2.24, 2.45) is 0 Å². The monoisotopic (exact) mass is 242 g/mol. The number of Topliss-reactive ketones (excluding diaryl/α,β-unsaturated/α-hetero) is 1. The molecule has 3 heteroatoms. The lowest BCUT2D eigenvalue weighted by molar-refractivity contribution is -0.118. The molecule has 0 unspecified atom stereocenters. The van der Waals surface area contributed by atoms with Crippen molar-refractivity contribution in [1.29, 1.82) is 0 Å². The molecule has 0 saturated carbocycles. The van der Waals surface area contributed by atoms with Gasteiger partial charge in [-0.3, -0.25) is 4.79 Å². The van der Waals surface area contributed by atoms with E-state index in [4.69, 9.17) is 0 Å². The molecule has 0 amide bonds. The van der Waals surface area contributed by atoms with Gasteiger partial charge in [-0.15, -0.1) is 0 Å². The summed E-state index contributed by atoms with van der Waals surface area (Å²) in [4.78, 5) is 10.7. The van der Waals surface area contributed by atoms with Gasteiger partial charge in [-0.2, -0.15) is 0 Å². The molecule has 1 aromatic carbocycles. The summed E-state index contributed by atoms with van der Waals surface area (Å²) in [5, 5.41) is 9.57. The summed E-state index contributed by atoms with van der Waals surface area (Å²) in [5.41, 5.74) is 0.768. The van der Waals surface area contributed by atoms with Gasteiger partial charge in [-0.05, 0) is 24.6 Å². The third kappa shape index (κ3) is 3.28. The molecule has 1 N–H and O–H groups in total. The van der Waals surface area contributed by atoms with Crippen LogP contribution in [0.4, 0.5) is 0 Å². The lowest BCUT2D eigenvalue weighted by Crippen LogP contribution is -2.02. The summed E-state index contributed by atoms with van der Waals surface area (Å²) < 4.78 is 0.910. The molecule has 0 aliphatic carbocycles. The van der Waals surface area contributed by atoms with Crippen molar-refractivity contribution in [3.63, 3.8) is 0 Å². The second-order valence-electron chi connectivity index (χ2n) is 2.98. The molecule has 13 heavy (non-hydrogen) atoms. The zero-order valence-corrected chi connectivity index (χ0v) is 8.91. The lowest BCUT2D eigenvalue weighted by Gasteiger charge is -2.08. The second kappa shape index (κ2) is 4.53. The molecule has 2 nitrogen and oxygen atoms in total. The van der Waals surface area contributed by atoms with Crippen LogP contribution >= 0.6 is 15.9 Å². The number of carbonyl (C=O) groups is 1. The van der Waals surface area contributed by atoms with Crippen LogP contribution < -0.4 is 0 Å². The van der Waals surface area contributed by atoms with Crippen LogP contribution in [0.15, 0.2) is 28.7 Å². The van der Waals surface area contributed by atoms with E-state index in [1.165, 1.54) is 6.92 Å². The maximum atomic E-state index is 10.7. The zero-order chi connectivity index (χ0) is 9.84. The molecule has 0 radical (unpaired) electrons. The summed E-state index contributed by atoms with van der Waals surface area (Å²) in [7, 11) is 0. The minimum absolute atomic E-state index is 0.00697. The first-order valence-electron chi connectivity index (χ1n) is 4.02. The van der Waals surface area contributed by atoms with Crippen molar-refractivity contribution in [1.82, 2.24) is 0 Å². The van der Waals surface area contributed by atoms with Crippen molar-refractivity contribution in [3.8, 4) is 0 Å². The molecular weight excluding hydrogens is 232 g/mol. The molecule has 0 aliphatic rings. The minimum Gasteiger partial charge on any atom is -0.388 e. The molecule has 1 aromatic rings. The number of aliphatic hydroxyl groups excluding tert-OH is 1. The van der Waals surface area contributed by atoms with E-state index in [1.807, 2.05) is 18.2 Å². The highest BCUT2D eigenvalue weighted by Gasteiger charge is 2.09. The van der Waals surface area contributed by atoms with Crippen LogP contribution in [0.5, 0.6) is 0 Å². The van der Waals surface area contributed by atoms with Crippen LogP contribution in [-0.2, 0) is 4.79 Å². The fraction of sp³-hybridized carbons (Fsp3) is 0.300. The van der Waals surface area contributed by atoms with Crippen LogP contribution in [0.2, 0.25) is 0 Å². The molecule has 0 heterocycles. The maximum Gasteiger partial charge on any atom is 0.132 e. The van der Waals surface area contributed by atoms with Gasteiger partial charge in [0.05, 0.1) is 6.10 Å². The van der Waals surface area contributed by atoms with Gasteiger partial charge < -0.3 is 5.11 Å². The maximum absolute atomic E-state index is 10.7. The van der Waals surface area contributed by atoms with Crippen LogP contribution in [0.25, 0.3) is 0 Å². The van der Waals surface area contributed by atoms with Crippen molar-refractivity contribution in [2.45, 2.75) is 19.4 Å². The molecule has 0 saturated heterocycles. The first kappa shape index (κ1) is 10.4. The van der Waals surface area contributed by atoms with E-state index >= 15 is 0 Å². The Hall–Kier alpha value is -0.670. The summed E-state index contributed by atoms with van der Waals surface area (Å²) in [6.07, 6.45) is -0.508. The van der Waals surface area contributed by atoms with E-state index in [1.54, 1.807) is 6.07 Å². The standard InChI is InChI=1S/C10H11BrO2/c1-7(12)5-10(13)8-3-2-4-9(11)6-8/h2-4,6,10,13H,5H2,1H3/t10-/m1/s1.